The predicted molar refractivity (Wildman–Crippen MR) is 91.7 cm³/mol. The summed E-state index contributed by atoms with van der Waals surface area (Å²) in [5.74, 6) is 0.415. The molecule has 0 aliphatic carbocycles. The Labute approximate surface area is 144 Å². The largest absolute Gasteiger partial charge is 0.376 e. The molecule has 0 N–H and O–H groups in total. The topological polar surface area (TPSA) is 38.8 Å². The van der Waals surface area contributed by atoms with Gasteiger partial charge >= 0.3 is 0 Å². The van der Waals surface area contributed by atoms with Crippen LogP contribution in [0.1, 0.15) is 37.7 Å². The van der Waals surface area contributed by atoms with Crippen molar-refractivity contribution in [3.63, 3.8) is 0 Å². The summed E-state index contributed by atoms with van der Waals surface area (Å²) in [6, 6.07) is 10.5. The lowest BCUT2D eigenvalue weighted by Crippen LogP contribution is -2.39. The molecule has 4 nitrogen and oxygen atoms in total. The smallest absolute Gasteiger partial charge is 0.228 e. The highest BCUT2D eigenvalue weighted by Gasteiger charge is 2.46. The number of likely N-dealkylation sites (tertiary alicyclic amines) is 1. The van der Waals surface area contributed by atoms with Crippen molar-refractivity contribution in [1.29, 1.82) is 0 Å². The van der Waals surface area contributed by atoms with E-state index < -0.39 is 0 Å². The maximum Gasteiger partial charge on any atom is 0.228 e. The summed E-state index contributed by atoms with van der Waals surface area (Å²) < 4.78 is 11.8. The van der Waals surface area contributed by atoms with Crippen molar-refractivity contribution in [3.05, 3.63) is 35.9 Å². The number of amides is 1. The fourth-order valence-corrected chi connectivity index (χ4v) is 4.37. The Morgan fingerprint density at radius 3 is 2.83 bits per heavy atom. The van der Waals surface area contributed by atoms with Crippen LogP contribution in [0, 0.1) is 5.92 Å². The first kappa shape index (κ1) is 16.1. The summed E-state index contributed by atoms with van der Waals surface area (Å²) in [4.78, 5) is 14.7. The number of benzene rings is 1. The van der Waals surface area contributed by atoms with E-state index in [1.165, 1.54) is 5.56 Å². The van der Waals surface area contributed by atoms with E-state index in [1.54, 1.807) is 0 Å². The third kappa shape index (κ3) is 3.50. The van der Waals surface area contributed by atoms with Crippen molar-refractivity contribution < 1.29 is 14.3 Å². The molecule has 3 aliphatic rings. The minimum atomic E-state index is 0.112. The summed E-state index contributed by atoms with van der Waals surface area (Å²) in [6.07, 6.45) is 6.94. The molecule has 3 heterocycles. The number of hydrogen-bond acceptors (Lipinski definition) is 3. The summed E-state index contributed by atoms with van der Waals surface area (Å²) in [6.45, 7) is 2.38. The van der Waals surface area contributed by atoms with Crippen LogP contribution >= 0.6 is 0 Å². The van der Waals surface area contributed by atoms with Gasteiger partial charge < -0.3 is 14.4 Å². The number of hydrogen-bond donors (Lipinski definition) is 0. The zero-order valence-corrected chi connectivity index (χ0v) is 14.2. The molecule has 0 aromatic heterocycles. The van der Waals surface area contributed by atoms with Gasteiger partial charge in [-0.25, -0.2) is 0 Å². The highest BCUT2D eigenvalue weighted by molar-refractivity contribution is 5.80. The van der Waals surface area contributed by atoms with Gasteiger partial charge in [0, 0.05) is 19.7 Å². The summed E-state index contributed by atoms with van der Waals surface area (Å²) >= 11 is 0. The molecule has 2 bridgehead atoms. The van der Waals surface area contributed by atoms with Crippen LogP contribution in [-0.2, 0) is 20.7 Å². The molecule has 1 aromatic carbocycles. The molecule has 3 fully saturated rings. The molecule has 0 unspecified atom stereocenters. The number of rotatable bonds is 6. The van der Waals surface area contributed by atoms with Crippen molar-refractivity contribution >= 4 is 5.91 Å². The molecule has 4 heteroatoms. The van der Waals surface area contributed by atoms with Crippen molar-refractivity contribution in [2.45, 2.75) is 56.8 Å². The van der Waals surface area contributed by atoms with Gasteiger partial charge in [-0.2, -0.15) is 0 Å². The Morgan fingerprint density at radius 2 is 2.08 bits per heavy atom. The number of carbonyl (C=O) groups is 1. The van der Waals surface area contributed by atoms with E-state index in [-0.39, 0.29) is 18.1 Å². The molecule has 0 radical (unpaired) electrons. The van der Waals surface area contributed by atoms with Crippen LogP contribution in [0.2, 0.25) is 0 Å². The molecule has 4 rings (SSSR count). The van der Waals surface area contributed by atoms with E-state index in [1.807, 2.05) is 11.0 Å². The van der Waals surface area contributed by atoms with Gasteiger partial charge in [0.25, 0.3) is 0 Å². The van der Waals surface area contributed by atoms with Crippen LogP contribution in [0.25, 0.3) is 0 Å². The van der Waals surface area contributed by atoms with Gasteiger partial charge in [0.05, 0.1) is 24.2 Å². The molecule has 24 heavy (non-hydrogen) atoms. The SMILES string of the molecule is O=C([C@@H]1C[C@H]2CC[C@H]1O2)N1CC[C@@H](OCCCc2ccccc2)C1. The number of carbonyl (C=O) groups excluding carboxylic acids is 1. The third-order valence-corrected chi connectivity index (χ3v) is 5.69. The molecule has 0 saturated carbocycles. The first-order chi connectivity index (χ1) is 11.8. The van der Waals surface area contributed by atoms with Gasteiger partial charge in [0.15, 0.2) is 0 Å². The van der Waals surface area contributed by atoms with E-state index in [4.69, 9.17) is 9.47 Å². The van der Waals surface area contributed by atoms with Gasteiger partial charge in [0.1, 0.15) is 0 Å². The van der Waals surface area contributed by atoms with E-state index in [9.17, 15) is 4.79 Å². The molecule has 130 valence electrons. The predicted octanol–water partition coefficient (Wildman–Crippen LogP) is 2.80. The van der Waals surface area contributed by atoms with Crippen molar-refractivity contribution in [3.8, 4) is 0 Å². The number of nitrogens with zero attached hydrogens (tertiary/aromatic N) is 1. The highest BCUT2D eigenvalue weighted by atomic mass is 16.5. The highest BCUT2D eigenvalue weighted by Crippen LogP contribution is 2.40. The lowest BCUT2D eigenvalue weighted by atomic mass is 9.88. The zero-order chi connectivity index (χ0) is 16.4. The summed E-state index contributed by atoms with van der Waals surface area (Å²) in [5, 5.41) is 0. The van der Waals surface area contributed by atoms with Crippen molar-refractivity contribution in [2.24, 2.45) is 5.92 Å². The van der Waals surface area contributed by atoms with Crippen LogP contribution in [0.15, 0.2) is 30.3 Å². The van der Waals surface area contributed by atoms with Crippen LogP contribution in [-0.4, -0.2) is 48.8 Å². The molecular weight excluding hydrogens is 302 g/mol. The summed E-state index contributed by atoms with van der Waals surface area (Å²) in [7, 11) is 0. The fourth-order valence-electron chi connectivity index (χ4n) is 4.37. The molecule has 4 atom stereocenters. The molecule has 0 spiro atoms. The third-order valence-electron chi connectivity index (χ3n) is 5.69. The maximum atomic E-state index is 12.7. The van der Waals surface area contributed by atoms with Gasteiger partial charge in [0.2, 0.25) is 5.91 Å². The quantitative estimate of drug-likeness (QED) is 0.753. The molecule has 1 aromatic rings. The normalized spacial score (nSPS) is 31.8. The summed E-state index contributed by atoms with van der Waals surface area (Å²) in [5.41, 5.74) is 1.36. The second kappa shape index (κ2) is 7.24. The van der Waals surface area contributed by atoms with Gasteiger partial charge in [-0.1, -0.05) is 30.3 Å². The Hall–Kier alpha value is -1.39. The molecular formula is C20H27NO3. The van der Waals surface area contributed by atoms with E-state index in [0.717, 1.165) is 58.2 Å². The van der Waals surface area contributed by atoms with Crippen LogP contribution < -0.4 is 0 Å². The van der Waals surface area contributed by atoms with Crippen molar-refractivity contribution in [1.82, 2.24) is 4.90 Å². The average Bonchev–Trinajstić information content (AvgIpc) is 3.35. The molecule has 3 saturated heterocycles. The van der Waals surface area contributed by atoms with Gasteiger partial charge in [-0.05, 0) is 44.1 Å². The Morgan fingerprint density at radius 1 is 1.21 bits per heavy atom. The molecule has 1 amide bonds. The molecule has 3 aliphatic heterocycles. The maximum absolute atomic E-state index is 12.7. The first-order valence-electron chi connectivity index (χ1n) is 9.39. The van der Waals surface area contributed by atoms with E-state index in [2.05, 4.69) is 24.3 Å². The average molecular weight is 329 g/mol. The second-order valence-corrected chi connectivity index (χ2v) is 7.37. The van der Waals surface area contributed by atoms with Crippen LogP contribution in [0.3, 0.4) is 0 Å². The fraction of sp³-hybridized carbons (Fsp3) is 0.650. The van der Waals surface area contributed by atoms with Crippen molar-refractivity contribution in [2.75, 3.05) is 19.7 Å². The number of aryl methyl sites for hydroxylation is 1. The first-order valence-corrected chi connectivity index (χ1v) is 9.39. The van der Waals surface area contributed by atoms with Gasteiger partial charge in [-0.15, -0.1) is 0 Å². The minimum absolute atomic E-state index is 0.112. The standard InChI is InChI=1S/C20H27NO3/c22-20(18-13-16-8-9-19(18)24-16)21-11-10-17(14-21)23-12-4-7-15-5-2-1-3-6-15/h1-3,5-6,16-19H,4,7-14H2/t16-,17-,18-,19-/m1/s1. The lowest BCUT2D eigenvalue weighted by molar-refractivity contribution is -0.136. The second-order valence-electron chi connectivity index (χ2n) is 7.37. The number of fused-ring (bicyclic) bond motifs is 2. The Kier molecular flexibility index (Phi) is 4.86. The minimum Gasteiger partial charge on any atom is -0.376 e. The lowest BCUT2D eigenvalue weighted by Gasteiger charge is -2.24. The monoisotopic (exact) mass is 329 g/mol. The number of ether oxygens (including phenoxy) is 2. The van der Waals surface area contributed by atoms with Crippen LogP contribution in [0.4, 0.5) is 0 Å². The Bertz CT molecular complexity index is 561. The zero-order valence-electron chi connectivity index (χ0n) is 14.2. The van der Waals surface area contributed by atoms with Gasteiger partial charge in [-0.3, -0.25) is 4.79 Å². The Balaban J connectivity index is 1.17. The van der Waals surface area contributed by atoms with Crippen LogP contribution in [0.5, 0.6) is 0 Å². The van der Waals surface area contributed by atoms with E-state index >= 15 is 0 Å². The van der Waals surface area contributed by atoms with E-state index in [0.29, 0.717) is 12.0 Å².